The molecule has 7 nitrogen and oxygen atoms in total. The van der Waals surface area contributed by atoms with Gasteiger partial charge in [-0.15, -0.1) is 0 Å². The predicted molar refractivity (Wildman–Crippen MR) is 73.6 cm³/mol. The number of nitrogens with zero attached hydrogens (tertiary/aromatic N) is 3. The Labute approximate surface area is 115 Å². The van der Waals surface area contributed by atoms with Crippen LogP contribution in [0.1, 0.15) is 9.67 Å². The summed E-state index contributed by atoms with van der Waals surface area (Å²) in [5.74, 6) is 0.0461. The first-order valence-corrected chi connectivity index (χ1v) is 6.90. The van der Waals surface area contributed by atoms with E-state index in [4.69, 9.17) is 15.6 Å². The predicted octanol–water partition coefficient (Wildman–Crippen LogP) is -0.374. The second-order valence-electron chi connectivity index (χ2n) is 4.26. The average Bonchev–Trinajstić information content (AvgIpc) is 2.81. The molecule has 0 unspecified atom stereocenters. The Morgan fingerprint density at radius 2 is 2.26 bits per heavy atom. The first-order chi connectivity index (χ1) is 9.13. The zero-order valence-electron chi connectivity index (χ0n) is 10.8. The number of hydrogen-bond donors (Lipinski definition) is 2. The van der Waals surface area contributed by atoms with E-state index in [-0.39, 0.29) is 24.9 Å². The maximum atomic E-state index is 12.1. The number of anilines is 2. The van der Waals surface area contributed by atoms with Gasteiger partial charge in [0.2, 0.25) is 0 Å². The third-order valence-electron chi connectivity index (χ3n) is 2.90. The summed E-state index contributed by atoms with van der Waals surface area (Å²) in [7, 11) is 1.63. The molecule has 1 fully saturated rings. The monoisotopic (exact) mass is 286 g/mol. The Kier molecular flexibility index (Phi) is 4.56. The molecule has 106 valence electrons. The molecule has 2 rings (SSSR count). The molecule has 1 aromatic rings. The van der Waals surface area contributed by atoms with E-state index in [2.05, 4.69) is 9.88 Å². The van der Waals surface area contributed by atoms with Crippen LogP contribution in [0.15, 0.2) is 0 Å². The van der Waals surface area contributed by atoms with Gasteiger partial charge in [-0.2, -0.15) is 0 Å². The molecule has 1 saturated heterocycles. The highest BCUT2D eigenvalue weighted by molar-refractivity contribution is 7.18. The van der Waals surface area contributed by atoms with Crippen molar-refractivity contribution in [3.05, 3.63) is 4.88 Å². The van der Waals surface area contributed by atoms with Crippen molar-refractivity contribution < 1.29 is 14.6 Å². The van der Waals surface area contributed by atoms with Crippen molar-refractivity contribution in [3.8, 4) is 0 Å². The number of carbonyl (C=O) groups is 1. The largest absolute Gasteiger partial charge is 0.395 e. The highest BCUT2D eigenvalue weighted by Crippen LogP contribution is 2.29. The third kappa shape index (κ3) is 3.14. The van der Waals surface area contributed by atoms with Gasteiger partial charge in [-0.25, -0.2) is 4.98 Å². The van der Waals surface area contributed by atoms with E-state index in [1.165, 1.54) is 16.2 Å². The number of nitrogens with two attached hydrogens (primary N) is 1. The molecule has 1 amide bonds. The van der Waals surface area contributed by atoms with E-state index < -0.39 is 0 Å². The molecule has 8 heteroatoms. The van der Waals surface area contributed by atoms with Gasteiger partial charge in [0.25, 0.3) is 5.91 Å². The van der Waals surface area contributed by atoms with Gasteiger partial charge >= 0.3 is 0 Å². The van der Waals surface area contributed by atoms with E-state index in [9.17, 15) is 4.79 Å². The fraction of sp³-hybridized carbons (Fsp3) is 0.636. The average molecular weight is 286 g/mol. The highest BCUT2D eigenvalue weighted by Gasteiger charge is 2.22. The Morgan fingerprint density at radius 1 is 1.58 bits per heavy atom. The van der Waals surface area contributed by atoms with Crippen molar-refractivity contribution in [1.29, 1.82) is 0 Å². The molecule has 1 aliphatic heterocycles. The van der Waals surface area contributed by atoms with Gasteiger partial charge in [0.15, 0.2) is 5.13 Å². The molecule has 2 heterocycles. The number of likely N-dealkylation sites (N-methyl/N-ethyl adjacent to an activating group) is 1. The summed E-state index contributed by atoms with van der Waals surface area (Å²) in [6.45, 7) is 3.04. The summed E-state index contributed by atoms with van der Waals surface area (Å²) in [5.41, 5.74) is 5.81. The number of thiazole rings is 1. The minimum Gasteiger partial charge on any atom is -0.395 e. The second-order valence-corrected chi connectivity index (χ2v) is 5.24. The summed E-state index contributed by atoms with van der Waals surface area (Å²) in [4.78, 5) is 20.3. The van der Waals surface area contributed by atoms with Gasteiger partial charge in [-0.05, 0) is 0 Å². The number of aliphatic hydroxyl groups excluding tert-OH is 1. The maximum Gasteiger partial charge on any atom is 0.267 e. The van der Waals surface area contributed by atoms with Crippen LogP contribution in [0.4, 0.5) is 10.9 Å². The molecular formula is C11H18N4O3S. The summed E-state index contributed by atoms with van der Waals surface area (Å²) in [6.07, 6.45) is 0. The number of aliphatic hydroxyl groups is 1. The van der Waals surface area contributed by atoms with Crippen LogP contribution in [-0.4, -0.2) is 67.4 Å². The van der Waals surface area contributed by atoms with Crippen molar-refractivity contribution in [2.24, 2.45) is 0 Å². The smallest absolute Gasteiger partial charge is 0.267 e. The van der Waals surface area contributed by atoms with Gasteiger partial charge in [0, 0.05) is 26.7 Å². The number of nitrogen functional groups attached to an aromatic ring is 1. The molecule has 0 saturated carbocycles. The number of aromatic nitrogens is 1. The molecule has 19 heavy (non-hydrogen) atoms. The number of morpholine rings is 1. The Balaban J connectivity index is 2.13. The molecule has 0 radical (unpaired) electrons. The van der Waals surface area contributed by atoms with Crippen LogP contribution in [0.2, 0.25) is 0 Å². The van der Waals surface area contributed by atoms with Crippen LogP contribution in [0.3, 0.4) is 0 Å². The van der Waals surface area contributed by atoms with Crippen LogP contribution in [-0.2, 0) is 4.74 Å². The van der Waals surface area contributed by atoms with E-state index in [0.29, 0.717) is 18.1 Å². The van der Waals surface area contributed by atoms with Crippen LogP contribution < -0.4 is 10.6 Å². The molecule has 3 N–H and O–H groups in total. The standard InChI is InChI=1S/C11H18N4O3S/c1-14(2-5-16)10(17)8-9(12)13-11(19-8)15-3-6-18-7-4-15/h16H,2-7,12H2,1H3. The van der Waals surface area contributed by atoms with Crippen molar-refractivity contribution in [1.82, 2.24) is 9.88 Å². The lowest BCUT2D eigenvalue weighted by molar-refractivity contribution is 0.0772. The van der Waals surface area contributed by atoms with E-state index in [1.54, 1.807) is 7.05 Å². The van der Waals surface area contributed by atoms with Crippen LogP contribution >= 0.6 is 11.3 Å². The number of amides is 1. The zero-order valence-corrected chi connectivity index (χ0v) is 11.7. The van der Waals surface area contributed by atoms with Crippen molar-refractivity contribution in [2.45, 2.75) is 0 Å². The molecule has 0 aromatic carbocycles. The van der Waals surface area contributed by atoms with E-state index >= 15 is 0 Å². The van der Waals surface area contributed by atoms with Gasteiger partial charge < -0.3 is 25.4 Å². The fourth-order valence-corrected chi connectivity index (χ4v) is 2.82. The minimum absolute atomic E-state index is 0.0722. The summed E-state index contributed by atoms with van der Waals surface area (Å²) in [6, 6.07) is 0. The quantitative estimate of drug-likeness (QED) is 0.784. The number of ether oxygens (including phenoxy) is 1. The Morgan fingerprint density at radius 3 is 2.89 bits per heavy atom. The van der Waals surface area contributed by atoms with Gasteiger partial charge in [-0.1, -0.05) is 11.3 Å². The molecular weight excluding hydrogens is 268 g/mol. The summed E-state index contributed by atoms with van der Waals surface area (Å²) >= 11 is 1.29. The van der Waals surface area contributed by atoms with Crippen LogP contribution in [0.5, 0.6) is 0 Å². The lowest BCUT2D eigenvalue weighted by atomic mass is 10.4. The van der Waals surface area contributed by atoms with Gasteiger partial charge in [0.05, 0.1) is 19.8 Å². The molecule has 0 spiro atoms. The van der Waals surface area contributed by atoms with Gasteiger partial charge in [0.1, 0.15) is 10.7 Å². The van der Waals surface area contributed by atoms with E-state index in [0.717, 1.165) is 18.2 Å². The maximum absolute atomic E-state index is 12.1. The third-order valence-corrected chi connectivity index (χ3v) is 4.02. The van der Waals surface area contributed by atoms with Crippen molar-refractivity contribution >= 4 is 28.2 Å². The normalized spacial score (nSPS) is 15.6. The van der Waals surface area contributed by atoms with Crippen LogP contribution in [0.25, 0.3) is 0 Å². The molecule has 0 aliphatic carbocycles. The molecule has 0 bridgehead atoms. The molecule has 0 atom stereocenters. The Bertz CT molecular complexity index is 445. The highest BCUT2D eigenvalue weighted by atomic mass is 32.1. The lowest BCUT2D eigenvalue weighted by Gasteiger charge is -2.25. The summed E-state index contributed by atoms with van der Waals surface area (Å²) in [5, 5.41) is 9.60. The number of hydrogen-bond acceptors (Lipinski definition) is 7. The van der Waals surface area contributed by atoms with Crippen molar-refractivity contribution in [2.75, 3.05) is 57.1 Å². The first kappa shape index (κ1) is 14.0. The van der Waals surface area contributed by atoms with Crippen molar-refractivity contribution in [3.63, 3.8) is 0 Å². The minimum atomic E-state index is -0.205. The lowest BCUT2D eigenvalue weighted by Crippen LogP contribution is -2.36. The molecule has 1 aromatic heterocycles. The Hall–Kier alpha value is -1.38. The number of rotatable bonds is 4. The van der Waals surface area contributed by atoms with Crippen LogP contribution in [0, 0.1) is 0 Å². The topological polar surface area (TPSA) is 91.9 Å². The molecule has 1 aliphatic rings. The second kappa shape index (κ2) is 6.18. The first-order valence-electron chi connectivity index (χ1n) is 6.08. The summed E-state index contributed by atoms with van der Waals surface area (Å²) < 4.78 is 5.28. The van der Waals surface area contributed by atoms with Gasteiger partial charge in [-0.3, -0.25) is 4.79 Å². The fourth-order valence-electron chi connectivity index (χ4n) is 1.79. The zero-order chi connectivity index (χ0) is 13.8. The van der Waals surface area contributed by atoms with E-state index in [1.807, 2.05) is 0 Å². The SMILES string of the molecule is CN(CCO)C(=O)c1sc(N2CCOCC2)nc1N. The number of carbonyl (C=O) groups excluding carboxylic acids is 1.